The second-order valence-electron chi connectivity index (χ2n) is 4.25. The number of nitrogen functional groups attached to an aromatic ring is 1. The average molecular weight is 282 g/mol. The third-order valence-electron chi connectivity index (χ3n) is 2.95. The van der Waals surface area contributed by atoms with Crippen molar-refractivity contribution in [2.24, 2.45) is 0 Å². The van der Waals surface area contributed by atoms with E-state index in [9.17, 15) is 14.4 Å². The number of imide groups is 1. The van der Waals surface area contributed by atoms with Crippen LogP contribution in [0.4, 0.5) is 5.69 Å². The Balaban J connectivity index is 2.16. The zero-order valence-corrected chi connectivity index (χ0v) is 10.9. The number of nitrogens with two attached hydrogens (primary N) is 1. The van der Waals surface area contributed by atoms with Crippen molar-refractivity contribution in [1.82, 2.24) is 10.2 Å². The molecule has 1 aliphatic heterocycles. The number of rotatable bonds is 2. The molecule has 2 rings (SSSR count). The molecule has 1 atom stereocenters. The SMILES string of the molecule is CN1C(=O)CC(NC(=O)c2cc(Cl)ccc2N)C1=O. The first kappa shape index (κ1) is 13.4. The minimum absolute atomic E-state index is 0.0401. The van der Waals surface area contributed by atoms with Crippen LogP contribution < -0.4 is 11.1 Å². The van der Waals surface area contributed by atoms with Crippen molar-refractivity contribution < 1.29 is 14.4 Å². The molecule has 0 aromatic heterocycles. The van der Waals surface area contributed by atoms with E-state index in [2.05, 4.69) is 5.32 Å². The Labute approximate surface area is 114 Å². The van der Waals surface area contributed by atoms with Gasteiger partial charge in [-0.15, -0.1) is 0 Å². The summed E-state index contributed by atoms with van der Waals surface area (Å²) in [5, 5.41) is 2.85. The Morgan fingerprint density at radius 3 is 2.74 bits per heavy atom. The Morgan fingerprint density at radius 2 is 2.16 bits per heavy atom. The molecule has 1 aromatic rings. The van der Waals surface area contributed by atoms with Crippen LogP contribution in [0.2, 0.25) is 5.02 Å². The van der Waals surface area contributed by atoms with Gasteiger partial charge in [-0.2, -0.15) is 0 Å². The molecule has 6 nitrogen and oxygen atoms in total. The van der Waals surface area contributed by atoms with Gasteiger partial charge in [0.1, 0.15) is 6.04 Å². The van der Waals surface area contributed by atoms with Gasteiger partial charge in [0.2, 0.25) is 5.91 Å². The number of nitrogens with zero attached hydrogens (tertiary/aromatic N) is 1. The molecule has 0 spiro atoms. The van der Waals surface area contributed by atoms with Crippen molar-refractivity contribution in [1.29, 1.82) is 0 Å². The van der Waals surface area contributed by atoms with Crippen molar-refractivity contribution in [3.05, 3.63) is 28.8 Å². The molecule has 1 heterocycles. The first-order valence-corrected chi connectivity index (χ1v) is 5.94. The van der Waals surface area contributed by atoms with Crippen LogP contribution in [-0.2, 0) is 9.59 Å². The number of hydrogen-bond donors (Lipinski definition) is 2. The maximum absolute atomic E-state index is 12.0. The summed E-state index contributed by atoms with van der Waals surface area (Å²) in [5.74, 6) is -1.28. The van der Waals surface area contributed by atoms with Crippen molar-refractivity contribution >= 4 is 35.0 Å². The summed E-state index contributed by atoms with van der Waals surface area (Å²) in [6, 6.07) is 3.64. The average Bonchev–Trinajstić information content (AvgIpc) is 2.60. The number of nitrogens with one attached hydrogen (secondary N) is 1. The molecule has 0 aliphatic carbocycles. The van der Waals surface area contributed by atoms with E-state index in [-0.39, 0.29) is 23.6 Å². The van der Waals surface area contributed by atoms with Crippen LogP contribution in [0.25, 0.3) is 0 Å². The van der Waals surface area contributed by atoms with Crippen LogP contribution in [0.5, 0.6) is 0 Å². The molecule has 100 valence electrons. The summed E-state index contributed by atoms with van der Waals surface area (Å²) in [6.07, 6.45) is -0.0401. The molecule has 1 saturated heterocycles. The van der Waals surface area contributed by atoms with E-state index in [0.717, 1.165) is 4.90 Å². The van der Waals surface area contributed by atoms with Gasteiger partial charge >= 0.3 is 0 Å². The summed E-state index contributed by atoms with van der Waals surface area (Å²) in [5.41, 5.74) is 6.11. The number of benzene rings is 1. The van der Waals surface area contributed by atoms with E-state index in [1.807, 2.05) is 0 Å². The summed E-state index contributed by atoms with van der Waals surface area (Å²) < 4.78 is 0. The van der Waals surface area contributed by atoms with Crippen LogP contribution in [-0.4, -0.2) is 35.7 Å². The molecule has 19 heavy (non-hydrogen) atoms. The Bertz CT molecular complexity index is 573. The second-order valence-corrected chi connectivity index (χ2v) is 4.69. The van der Waals surface area contributed by atoms with Gasteiger partial charge in [0.05, 0.1) is 12.0 Å². The number of halogens is 1. The minimum atomic E-state index is -0.844. The summed E-state index contributed by atoms with van der Waals surface area (Å²) in [7, 11) is 1.38. The lowest BCUT2D eigenvalue weighted by Gasteiger charge is -2.12. The fourth-order valence-electron chi connectivity index (χ4n) is 1.83. The number of anilines is 1. The summed E-state index contributed by atoms with van der Waals surface area (Å²) in [6.45, 7) is 0. The molecule has 0 bridgehead atoms. The highest BCUT2D eigenvalue weighted by molar-refractivity contribution is 6.31. The minimum Gasteiger partial charge on any atom is -0.398 e. The van der Waals surface area contributed by atoms with E-state index < -0.39 is 17.9 Å². The first-order valence-electron chi connectivity index (χ1n) is 5.56. The maximum Gasteiger partial charge on any atom is 0.254 e. The molecular formula is C12H12ClN3O3. The van der Waals surface area contributed by atoms with E-state index >= 15 is 0 Å². The van der Waals surface area contributed by atoms with Crippen LogP contribution in [0.1, 0.15) is 16.8 Å². The zero-order chi connectivity index (χ0) is 14.2. The van der Waals surface area contributed by atoms with Gasteiger partial charge in [-0.1, -0.05) is 11.6 Å². The third kappa shape index (κ3) is 2.53. The molecule has 3 amide bonds. The Kier molecular flexibility index (Phi) is 3.44. The number of amides is 3. The quantitative estimate of drug-likeness (QED) is 0.606. The van der Waals surface area contributed by atoms with E-state index in [1.165, 1.54) is 19.2 Å². The lowest BCUT2D eigenvalue weighted by Crippen LogP contribution is -2.40. The monoisotopic (exact) mass is 281 g/mol. The maximum atomic E-state index is 12.0. The first-order chi connectivity index (χ1) is 8.90. The topological polar surface area (TPSA) is 92.5 Å². The molecule has 3 N–H and O–H groups in total. The van der Waals surface area contributed by atoms with Crippen LogP contribution in [0.15, 0.2) is 18.2 Å². The largest absolute Gasteiger partial charge is 0.398 e. The van der Waals surface area contributed by atoms with Crippen molar-refractivity contribution in [3.63, 3.8) is 0 Å². The summed E-state index contributed by atoms with van der Waals surface area (Å²) in [4.78, 5) is 36.0. The third-order valence-corrected chi connectivity index (χ3v) is 3.18. The van der Waals surface area contributed by atoms with E-state index in [1.54, 1.807) is 6.07 Å². The smallest absolute Gasteiger partial charge is 0.254 e. The molecule has 0 radical (unpaired) electrons. The predicted octanol–water partition coefficient (Wildman–Crippen LogP) is 0.409. The van der Waals surface area contributed by atoms with Gasteiger partial charge in [0, 0.05) is 17.8 Å². The van der Waals surface area contributed by atoms with Crippen molar-refractivity contribution in [2.75, 3.05) is 12.8 Å². The highest BCUT2D eigenvalue weighted by Gasteiger charge is 2.37. The normalized spacial score (nSPS) is 18.8. The van der Waals surface area contributed by atoms with Crippen LogP contribution in [0, 0.1) is 0 Å². The molecule has 0 saturated carbocycles. The van der Waals surface area contributed by atoms with Gasteiger partial charge in [0.15, 0.2) is 0 Å². The molecule has 1 aromatic carbocycles. The van der Waals surface area contributed by atoms with E-state index in [0.29, 0.717) is 5.02 Å². The van der Waals surface area contributed by atoms with Gasteiger partial charge in [-0.3, -0.25) is 19.3 Å². The summed E-state index contributed by atoms with van der Waals surface area (Å²) >= 11 is 5.79. The predicted molar refractivity (Wildman–Crippen MR) is 69.5 cm³/mol. The van der Waals surface area contributed by atoms with Gasteiger partial charge in [-0.05, 0) is 18.2 Å². The molecule has 1 unspecified atom stereocenters. The molecule has 7 heteroatoms. The lowest BCUT2D eigenvalue weighted by atomic mass is 10.1. The van der Waals surface area contributed by atoms with Crippen molar-refractivity contribution in [2.45, 2.75) is 12.5 Å². The number of carbonyl (C=O) groups is 3. The van der Waals surface area contributed by atoms with Gasteiger partial charge < -0.3 is 11.1 Å². The molecule has 1 aliphatic rings. The fraction of sp³-hybridized carbons (Fsp3) is 0.250. The number of carbonyl (C=O) groups excluding carboxylic acids is 3. The Morgan fingerprint density at radius 1 is 1.47 bits per heavy atom. The standard InChI is InChI=1S/C12H12ClN3O3/c1-16-10(17)5-9(12(16)19)15-11(18)7-4-6(13)2-3-8(7)14/h2-4,9H,5,14H2,1H3,(H,15,18). The van der Waals surface area contributed by atoms with Gasteiger partial charge in [-0.25, -0.2) is 0 Å². The van der Waals surface area contributed by atoms with E-state index in [4.69, 9.17) is 17.3 Å². The highest BCUT2D eigenvalue weighted by Crippen LogP contribution is 2.19. The van der Waals surface area contributed by atoms with Gasteiger partial charge in [0.25, 0.3) is 11.8 Å². The zero-order valence-electron chi connectivity index (χ0n) is 10.1. The molecule has 1 fully saturated rings. The highest BCUT2D eigenvalue weighted by atomic mass is 35.5. The fourth-order valence-corrected chi connectivity index (χ4v) is 2.00. The number of likely N-dealkylation sites (tertiary alicyclic amines) is 1. The number of likely N-dealkylation sites (N-methyl/N-ethyl adjacent to an activating group) is 1. The van der Waals surface area contributed by atoms with Crippen molar-refractivity contribution in [3.8, 4) is 0 Å². The number of hydrogen-bond acceptors (Lipinski definition) is 4. The second kappa shape index (κ2) is 4.89. The molecular weight excluding hydrogens is 270 g/mol. The van der Waals surface area contributed by atoms with Crippen LogP contribution in [0.3, 0.4) is 0 Å². The van der Waals surface area contributed by atoms with Crippen LogP contribution >= 0.6 is 11.6 Å². The Hall–Kier alpha value is -2.08. The lowest BCUT2D eigenvalue weighted by molar-refractivity contribution is -0.137.